The summed E-state index contributed by atoms with van der Waals surface area (Å²) in [6.07, 6.45) is 1.46. The van der Waals surface area contributed by atoms with E-state index in [4.69, 9.17) is 4.74 Å². The van der Waals surface area contributed by atoms with E-state index in [2.05, 4.69) is 12.2 Å². The molecule has 5 rings (SSSR count). The Morgan fingerprint density at radius 2 is 1.81 bits per heavy atom. The Morgan fingerprint density at radius 1 is 1.03 bits per heavy atom. The Labute approximate surface area is 185 Å². The first-order valence-corrected chi connectivity index (χ1v) is 11.1. The molecule has 1 amide bonds. The number of hydrogen-bond donors (Lipinski definition) is 1. The molecule has 32 heavy (non-hydrogen) atoms. The van der Waals surface area contributed by atoms with Gasteiger partial charge >= 0.3 is 6.09 Å². The maximum absolute atomic E-state index is 14.6. The molecular formula is C25H26FN3O3. The summed E-state index contributed by atoms with van der Waals surface area (Å²) < 4.78 is 21.8. The van der Waals surface area contributed by atoms with Crippen molar-refractivity contribution in [1.29, 1.82) is 0 Å². The van der Waals surface area contributed by atoms with Crippen LogP contribution in [0.15, 0.2) is 53.3 Å². The van der Waals surface area contributed by atoms with Crippen LogP contribution in [0.3, 0.4) is 0 Å². The molecule has 0 aliphatic carbocycles. The Balaban J connectivity index is 1.22. The van der Waals surface area contributed by atoms with E-state index in [0.29, 0.717) is 37.3 Å². The van der Waals surface area contributed by atoms with Gasteiger partial charge in [-0.2, -0.15) is 0 Å². The summed E-state index contributed by atoms with van der Waals surface area (Å²) in [6.45, 7) is 4.01. The molecule has 0 radical (unpaired) electrons. The number of hydrogen-bond acceptors (Lipinski definition) is 4. The normalized spacial score (nSPS) is 19.7. The third kappa shape index (κ3) is 3.66. The van der Waals surface area contributed by atoms with Gasteiger partial charge in [0, 0.05) is 42.9 Å². The predicted molar refractivity (Wildman–Crippen MR) is 122 cm³/mol. The van der Waals surface area contributed by atoms with Gasteiger partial charge in [0.25, 0.3) is 5.56 Å². The molecule has 1 saturated heterocycles. The van der Waals surface area contributed by atoms with Gasteiger partial charge in [-0.1, -0.05) is 25.5 Å². The van der Waals surface area contributed by atoms with Crippen LogP contribution in [0, 0.1) is 5.82 Å². The molecular weight excluding hydrogens is 409 g/mol. The maximum atomic E-state index is 14.6. The number of halogens is 1. The minimum atomic E-state index is -0.351. The minimum Gasteiger partial charge on any atom is -0.443 e. The lowest BCUT2D eigenvalue weighted by Gasteiger charge is -2.15. The smallest absolute Gasteiger partial charge is 0.414 e. The van der Waals surface area contributed by atoms with Gasteiger partial charge in [-0.25, -0.2) is 9.18 Å². The van der Waals surface area contributed by atoms with Crippen LogP contribution >= 0.6 is 0 Å². The van der Waals surface area contributed by atoms with Crippen LogP contribution in [0.4, 0.5) is 14.9 Å². The number of rotatable bonds is 7. The van der Waals surface area contributed by atoms with Crippen LogP contribution in [0.1, 0.15) is 30.4 Å². The molecule has 6 nitrogen and oxygen atoms in total. The molecule has 2 atom stereocenters. The molecule has 166 valence electrons. The summed E-state index contributed by atoms with van der Waals surface area (Å²) in [5.74, 6) is -0.431. The van der Waals surface area contributed by atoms with Gasteiger partial charge in [-0.15, -0.1) is 0 Å². The molecule has 1 unspecified atom stereocenters. The molecule has 2 aromatic carbocycles. The van der Waals surface area contributed by atoms with Gasteiger partial charge in [0.05, 0.1) is 12.1 Å². The first kappa shape index (κ1) is 20.7. The van der Waals surface area contributed by atoms with E-state index in [1.54, 1.807) is 21.6 Å². The Kier molecular flexibility index (Phi) is 5.43. The lowest BCUT2D eigenvalue weighted by Crippen LogP contribution is -2.33. The second kappa shape index (κ2) is 8.39. The molecule has 0 saturated carbocycles. The fourth-order valence-electron chi connectivity index (χ4n) is 4.83. The van der Waals surface area contributed by atoms with Crippen molar-refractivity contribution in [1.82, 2.24) is 9.88 Å². The first-order valence-electron chi connectivity index (χ1n) is 11.1. The fraction of sp³-hybridized carbons (Fsp3) is 0.360. The predicted octanol–water partition coefficient (Wildman–Crippen LogP) is 3.81. The number of cyclic esters (lactones) is 1. The van der Waals surface area contributed by atoms with Gasteiger partial charge in [-0.3, -0.25) is 9.69 Å². The number of aromatic nitrogens is 1. The molecule has 1 aromatic heterocycles. The zero-order valence-electron chi connectivity index (χ0n) is 18.0. The monoisotopic (exact) mass is 435 g/mol. The summed E-state index contributed by atoms with van der Waals surface area (Å²) in [7, 11) is 0. The SMILES string of the molecule is CCCc1ccc(N2C[C@@H](CNCC3Cn4c(=O)ccc5ccc(F)c3c54)OC2=O)cc1. The lowest BCUT2D eigenvalue weighted by molar-refractivity contribution is 0.140. The average molecular weight is 435 g/mol. The van der Waals surface area contributed by atoms with Gasteiger partial charge in [0.1, 0.15) is 11.9 Å². The van der Waals surface area contributed by atoms with E-state index >= 15 is 0 Å². The molecule has 2 aliphatic heterocycles. The quantitative estimate of drug-likeness (QED) is 0.613. The van der Waals surface area contributed by atoms with Crippen LogP contribution in [0.5, 0.6) is 0 Å². The van der Waals surface area contributed by atoms with Crippen LogP contribution in [-0.2, 0) is 17.7 Å². The van der Waals surface area contributed by atoms with Crippen LogP contribution in [-0.4, -0.2) is 36.4 Å². The average Bonchev–Trinajstić information content (AvgIpc) is 3.36. The van der Waals surface area contributed by atoms with Gasteiger partial charge in [-0.05, 0) is 47.7 Å². The highest BCUT2D eigenvalue weighted by Gasteiger charge is 2.33. The first-order chi connectivity index (χ1) is 15.5. The number of nitrogens with zero attached hydrogens (tertiary/aromatic N) is 2. The van der Waals surface area contributed by atoms with Crippen molar-refractivity contribution in [3.05, 3.63) is 75.8 Å². The van der Waals surface area contributed by atoms with Crippen molar-refractivity contribution < 1.29 is 13.9 Å². The van der Waals surface area contributed by atoms with E-state index in [-0.39, 0.29) is 29.5 Å². The highest BCUT2D eigenvalue weighted by atomic mass is 19.1. The van der Waals surface area contributed by atoms with E-state index in [0.717, 1.165) is 23.9 Å². The van der Waals surface area contributed by atoms with Crippen LogP contribution < -0.4 is 15.8 Å². The summed E-state index contributed by atoms with van der Waals surface area (Å²) >= 11 is 0. The third-order valence-corrected chi connectivity index (χ3v) is 6.37. The number of carbonyl (C=O) groups is 1. The summed E-state index contributed by atoms with van der Waals surface area (Å²) in [5.41, 5.74) is 3.24. The third-order valence-electron chi connectivity index (χ3n) is 6.37. The zero-order valence-corrected chi connectivity index (χ0v) is 18.0. The van der Waals surface area contributed by atoms with Crippen molar-refractivity contribution in [3.8, 4) is 0 Å². The fourth-order valence-corrected chi connectivity index (χ4v) is 4.83. The molecule has 1 N–H and O–H groups in total. The van der Waals surface area contributed by atoms with Crippen molar-refractivity contribution in [3.63, 3.8) is 0 Å². The molecule has 7 heteroatoms. The van der Waals surface area contributed by atoms with E-state index < -0.39 is 0 Å². The number of amides is 1. The number of carbonyl (C=O) groups excluding carboxylic acids is 1. The number of aryl methyl sites for hydroxylation is 1. The Bertz CT molecular complexity index is 1220. The van der Waals surface area contributed by atoms with Crippen molar-refractivity contribution in [2.45, 2.75) is 38.3 Å². The van der Waals surface area contributed by atoms with Crippen molar-refractivity contribution >= 4 is 22.7 Å². The number of nitrogens with one attached hydrogen (secondary N) is 1. The highest BCUT2D eigenvalue weighted by molar-refractivity contribution is 5.89. The number of anilines is 1. The molecule has 0 spiro atoms. The second-order valence-electron chi connectivity index (χ2n) is 8.57. The Morgan fingerprint density at radius 3 is 2.59 bits per heavy atom. The van der Waals surface area contributed by atoms with Gasteiger partial charge in [0.2, 0.25) is 0 Å². The van der Waals surface area contributed by atoms with E-state index in [9.17, 15) is 14.0 Å². The van der Waals surface area contributed by atoms with Gasteiger partial charge < -0.3 is 14.6 Å². The standard InChI is InChI=1S/C25H26FN3O3/c1-2-3-16-4-8-19(9-5-16)28-15-20(32-25(28)31)13-27-12-18-14-29-22(30)11-7-17-6-10-21(26)23(18)24(17)29/h4-11,18,20,27H,2-3,12-15H2,1H3/t18?,20-/m1/s1. The minimum absolute atomic E-state index is 0.114. The number of benzene rings is 2. The van der Waals surface area contributed by atoms with Crippen LogP contribution in [0.2, 0.25) is 0 Å². The van der Waals surface area contributed by atoms with Gasteiger partial charge in [0.15, 0.2) is 0 Å². The van der Waals surface area contributed by atoms with Crippen molar-refractivity contribution in [2.24, 2.45) is 0 Å². The van der Waals surface area contributed by atoms with Crippen molar-refractivity contribution in [2.75, 3.05) is 24.5 Å². The Hall–Kier alpha value is -3.19. The zero-order chi connectivity index (χ0) is 22.2. The molecule has 0 bridgehead atoms. The highest BCUT2D eigenvalue weighted by Crippen LogP contribution is 2.34. The second-order valence-corrected chi connectivity index (χ2v) is 8.57. The van der Waals surface area contributed by atoms with Crippen LogP contribution in [0.25, 0.3) is 10.9 Å². The maximum Gasteiger partial charge on any atom is 0.414 e. The lowest BCUT2D eigenvalue weighted by atomic mass is 9.99. The largest absolute Gasteiger partial charge is 0.443 e. The number of pyridine rings is 1. The molecule has 1 fully saturated rings. The van der Waals surface area contributed by atoms with E-state index in [1.807, 2.05) is 24.3 Å². The number of ether oxygens (including phenoxy) is 1. The van der Waals surface area contributed by atoms with E-state index in [1.165, 1.54) is 17.7 Å². The molecule has 3 heterocycles. The summed E-state index contributed by atoms with van der Waals surface area (Å²) in [6, 6.07) is 14.5. The summed E-state index contributed by atoms with van der Waals surface area (Å²) in [4.78, 5) is 26.3. The molecule has 3 aromatic rings. The topological polar surface area (TPSA) is 63.6 Å². The molecule has 2 aliphatic rings. The summed E-state index contributed by atoms with van der Waals surface area (Å²) in [5, 5.41) is 4.20.